The minimum atomic E-state index is -1.14. The largest absolute Gasteiger partial charge is 0.478 e. The van der Waals surface area contributed by atoms with Crippen LogP contribution in [0.1, 0.15) is 68.6 Å². The van der Waals surface area contributed by atoms with Crippen LogP contribution in [-0.2, 0) is 9.53 Å². The van der Waals surface area contributed by atoms with Gasteiger partial charge in [-0.15, -0.1) is 0 Å². The van der Waals surface area contributed by atoms with Gasteiger partial charge in [0.15, 0.2) is 0 Å². The third kappa shape index (κ3) is 15.6. The molecule has 0 fully saturated rings. The number of allylic oxidation sites excluding steroid dienone is 10. The van der Waals surface area contributed by atoms with E-state index in [0.717, 1.165) is 51.4 Å². The Morgan fingerprint density at radius 2 is 1.35 bits per heavy atom. The van der Waals surface area contributed by atoms with Crippen molar-refractivity contribution in [2.75, 3.05) is 13.2 Å². The SMILES string of the molecule is CC/C=C\C/C=C\C/C=C\C/C=C\C/C=C\CCCCOCC(=O)Oc1ccccc1C(=O)O. The van der Waals surface area contributed by atoms with Crippen LogP contribution in [0.25, 0.3) is 0 Å². The fraction of sp³-hybridized carbons (Fsp3) is 0.379. The van der Waals surface area contributed by atoms with Crippen molar-refractivity contribution in [3.63, 3.8) is 0 Å². The number of carboxylic acids is 1. The van der Waals surface area contributed by atoms with Gasteiger partial charge in [-0.2, -0.15) is 0 Å². The summed E-state index contributed by atoms with van der Waals surface area (Å²) >= 11 is 0. The van der Waals surface area contributed by atoms with Crippen molar-refractivity contribution in [1.29, 1.82) is 0 Å². The van der Waals surface area contributed by atoms with Gasteiger partial charge in [0, 0.05) is 6.61 Å². The Balaban J connectivity index is 2.00. The molecular formula is C29H38O5. The van der Waals surface area contributed by atoms with Crippen molar-refractivity contribution >= 4 is 11.9 Å². The zero-order valence-corrected chi connectivity index (χ0v) is 20.2. The summed E-state index contributed by atoms with van der Waals surface area (Å²) in [4.78, 5) is 22.9. The predicted molar refractivity (Wildman–Crippen MR) is 138 cm³/mol. The summed E-state index contributed by atoms with van der Waals surface area (Å²) in [5.41, 5.74) is -0.0482. The Kier molecular flexibility index (Phi) is 17.3. The second-order valence-electron chi connectivity index (χ2n) is 7.53. The van der Waals surface area contributed by atoms with Crippen LogP contribution in [0.4, 0.5) is 0 Å². The Labute approximate surface area is 204 Å². The van der Waals surface area contributed by atoms with Crippen molar-refractivity contribution in [1.82, 2.24) is 0 Å². The van der Waals surface area contributed by atoms with E-state index in [9.17, 15) is 9.59 Å². The summed E-state index contributed by atoms with van der Waals surface area (Å²) in [5, 5.41) is 9.09. The summed E-state index contributed by atoms with van der Waals surface area (Å²) < 4.78 is 10.4. The molecule has 34 heavy (non-hydrogen) atoms. The Bertz CT molecular complexity index is 846. The highest BCUT2D eigenvalue weighted by Gasteiger charge is 2.13. The number of carboxylic acid groups (broad SMARTS) is 1. The molecule has 0 atom stereocenters. The fourth-order valence-corrected chi connectivity index (χ4v) is 2.87. The van der Waals surface area contributed by atoms with Crippen molar-refractivity contribution in [3.05, 3.63) is 90.6 Å². The lowest BCUT2D eigenvalue weighted by Gasteiger charge is -2.07. The molecule has 1 aromatic carbocycles. The topological polar surface area (TPSA) is 72.8 Å². The molecule has 0 heterocycles. The molecule has 0 saturated carbocycles. The number of para-hydroxylation sites is 1. The Hall–Kier alpha value is -3.18. The number of unbranched alkanes of at least 4 members (excludes halogenated alkanes) is 2. The number of hydrogen-bond donors (Lipinski definition) is 1. The summed E-state index contributed by atoms with van der Waals surface area (Å²) in [5.74, 6) is -1.71. The minimum absolute atomic E-state index is 0.0296. The molecule has 0 aromatic heterocycles. The first-order valence-electron chi connectivity index (χ1n) is 12.0. The molecule has 0 radical (unpaired) electrons. The van der Waals surface area contributed by atoms with Crippen LogP contribution in [0.15, 0.2) is 85.0 Å². The molecule has 0 saturated heterocycles. The summed E-state index contributed by atoms with van der Waals surface area (Å²) in [6.07, 6.45) is 29.6. The van der Waals surface area contributed by atoms with Gasteiger partial charge in [0.05, 0.1) is 0 Å². The van der Waals surface area contributed by atoms with E-state index in [1.807, 2.05) is 0 Å². The van der Waals surface area contributed by atoms with E-state index in [2.05, 4.69) is 67.7 Å². The molecule has 1 rings (SSSR count). The zero-order chi connectivity index (χ0) is 24.7. The van der Waals surface area contributed by atoms with E-state index in [1.54, 1.807) is 12.1 Å². The average Bonchev–Trinajstić information content (AvgIpc) is 2.83. The monoisotopic (exact) mass is 466 g/mol. The number of carbonyl (C=O) groups is 2. The maximum absolute atomic E-state index is 11.8. The smallest absolute Gasteiger partial charge is 0.339 e. The number of rotatable bonds is 18. The molecule has 0 aliphatic rings. The minimum Gasteiger partial charge on any atom is -0.478 e. The molecule has 0 unspecified atom stereocenters. The van der Waals surface area contributed by atoms with Crippen LogP contribution in [-0.4, -0.2) is 30.3 Å². The van der Waals surface area contributed by atoms with Gasteiger partial charge in [-0.3, -0.25) is 0 Å². The normalized spacial score (nSPS) is 12.1. The lowest BCUT2D eigenvalue weighted by atomic mass is 10.2. The molecule has 1 aromatic rings. The van der Waals surface area contributed by atoms with E-state index in [-0.39, 0.29) is 17.9 Å². The van der Waals surface area contributed by atoms with Crippen molar-refractivity contribution in [2.45, 2.75) is 58.3 Å². The Morgan fingerprint density at radius 1 is 0.794 bits per heavy atom. The number of benzene rings is 1. The van der Waals surface area contributed by atoms with Crippen LogP contribution < -0.4 is 4.74 Å². The van der Waals surface area contributed by atoms with Gasteiger partial charge in [-0.25, -0.2) is 9.59 Å². The highest BCUT2D eigenvalue weighted by atomic mass is 16.6. The van der Waals surface area contributed by atoms with E-state index in [1.165, 1.54) is 12.1 Å². The summed E-state index contributed by atoms with van der Waals surface area (Å²) in [7, 11) is 0. The first-order valence-corrected chi connectivity index (χ1v) is 12.0. The average molecular weight is 467 g/mol. The number of esters is 1. The first kappa shape index (κ1) is 28.9. The molecule has 0 bridgehead atoms. The van der Waals surface area contributed by atoms with Crippen LogP contribution >= 0.6 is 0 Å². The summed E-state index contributed by atoms with van der Waals surface area (Å²) in [6.45, 7) is 2.40. The van der Waals surface area contributed by atoms with Crippen molar-refractivity contribution in [3.8, 4) is 5.75 Å². The second kappa shape index (κ2) is 20.4. The van der Waals surface area contributed by atoms with Gasteiger partial charge < -0.3 is 14.6 Å². The number of carbonyl (C=O) groups excluding carboxylic acids is 1. The molecule has 0 amide bonds. The summed E-state index contributed by atoms with van der Waals surface area (Å²) in [6, 6.07) is 6.03. The van der Waals surface area contributed by atoms with Crippen LogP contribution in [0, 0.1) is 0 Å². The van der Waals surface area contributed by atoms with Crippen molar-refractivity contribution in [2.24, 2.45) is 0 Å². The Morgan fingerprint density at radius 3 is 1.94 bits per heavy atom. The van der Waals surface area contributed by atoms with Crippen LogP contribution in [0.3, 0.4) is 0 Å². The van der Waals surface area contributed by atoms with E-state index in [4.69, 9.17) is 14.6 Å². The molecular weight excluding hydrogens is 428 g/mol. The number of hydrogen-bond acceptors (Lipinski definition) is 4. The first-order chi connectivity index (χ1) is 16.6. The number of aromatic carboxylic acids is 1. The maximum Gasteiger partial charge on any atom is 0.339 e. The van der Waals surface area contributed by atoms with Gasteiger partial charge in [-0.05, 0) is 63.5 Å². The van der Waals surface area contributed by atoms with Gasteiger partial charge in [0.2, 0.25) is 0 Å². The lowest BCUT2D eigenvalue weighted by Crippen LogP contribution is -2.17. The molecule has 5 heteroatoms. The molecule has 184 valence electrons. The van der Waals surface area contributed by atoms with E-state index >= 15 is 0 Å². The highest BCUT2D eigenvalue weighted by Crippen LogP contribution is 2.17. The molecule has 0 aliphatic carbocycles. The second-order valence-corrected chi connectivity index (χ2v) is 7.53. The number of ether oxygens (including phenoxy) is 2. The quantitative estimate of drug-likeness (QED) is 0.107. The highest BCUT2D eigenvalue weighted by molar-refractivity contribution is 5.92. The van der Waals surface area contributed by atoms with Gasteiger partial charge in [0.25, 0.3) is 0 Å². The third-order valence-electron chi connectivity index (χ3n) is 4.63. The third-order valence-corrected chi connectivity index (χ3v) is 4.63. The maximum atomic E-state index is 11.8. The van der Waals surface area contributed by atoms with E-state index < -0.39 is 11.9 Å². The van der Waals surface area contributed by atoms with Gasteiger partial charge in [0.1, 0.15) is 17.9 Å². The molecule has 1 N–H and O–H groups in total. The fourth-order valence-electron chi connectivity index (χ4n) is 2.87. The van der Waals surface area contributed by atoms with Crippen molar-refractivity contribution < 1.29 is 24.2 Å². The molecule has 0 spiro atoms. The van der Waals surface area contributed by atoms with Gasteiger partial charge in [-0.1, -0.05) is 79.8 Å². The standard InChI is InChI=1S/C29H38O5/c1-2-3-4-5-6-7-8-9-10-11-12-13-14-15-16-17-18-21-24-33-25-28(30)34-27-23-20-19-22-26(27)29(31)32/h3-4,6-7,9-10,12-13,15-16,19-20,22-23H,2,5,8,11,14,17-18,21,24-25H2,1H3,(H,31,32)/b4-3-,7-6-,10-9-,13-12-,16-15-. The van der Waals surface area contributed by atoms with Crippen LogP contribution in [0.2, 0.25) is 0 Å². The lowest BCUT2D eigenvalue weighted by molar-refractivity contribution is -0.139. The molecule has 5 nitrogen and oxygen atoms in total. The predicted octanol–water partition coefficient (Wildman–Crippen LogP) is 7.23. The zero-order valence-electron chi connectivity index (χ0n) is 20.2. The molecule has 0 aliphatic heterocycles. The van der Waals surface area contributed by atoms with Gasteiger partial charge >= 0.3 is 11.9 Å². The van der Waals surface area contributed by atoms with Crippen LogP contribution in [0.5, 0.6) is 5.75 Å². The van der Waals surface area contributed by atoms with E-state index in [0.29, 0.717) is 6.61 Å².